The van der Waals surface area contributed by atoms with Crippen molar-refractivity contribution in [3.8, 4) is 0 Å². The molecule has 0 saturated heterocycles. The molecule has 7 nitrogen and oxygen atoms in total. The van der Waals surface area contributed by atoms with Gasteiger partial charge >= 0.3 is 0 Å². The van der Waals surface area contributed by atoms with E-state index in [1.54, 1.807) is 42.5 Å². The van der Waals surface area contributed by atoms with E-state index in [0.717, 1.165) is 9.87 Å². The fraction of sp³-hybridized carbons (Fsp3) is 0.355. The average molecular weight is 619 g/mol. The van der Waals surface area contributed by atoms with Crippen molar-refractivity contribution >= 4 is 50.7 Å². The number of hydrogen-bond donors (Lipinski definition) is 1. The van der Waals surface area contributed by atoms with E-state index in [0.29, 0.717) is 39.8 Å². The first-order valence-corrected chi connectivity index (χ1v) is 15.7. The maximum atomic E-state index is 14.2. The van der Waals surface area contributed by atoms with Gasteiger partial charge in [-0.15, -0.1) is 0 Å². The normalized spacial score (nSPS) is 12.2. The van der Waals surface area contributed by atoms with Crippen LogP contribution in [0.5, 0.6) is 0 Å². The van der Waals surface area contributed by atoms with Crippen molar-refractivity contribution in [3.63, 3.8) is 0 Å². The highest BCUT2D eigenvalue weighted by molar-refractivity contribution is 7.92. The molecular formula is C31H37Cl2N3O4S. The van der Waals surface area contributed by atoms with Gasteiger partial charge in [0.2, 0.25) is 11.8 Å². The summed E-state index contributed by atoms with van der Waals surface area (Å²) in [6, 6.07) is 17.5. The minimum absolute atomic E-state index is 0.0371. The molecule has 3 rings (SSSR count). The van der Waals surface area contributed by atoms with Crippen molar-refractivity contribution < 1.29 is 18.0 Å². The van der Waals surface area contributed by atoms with Crippen molar-refractivity contribution in [2.45, 2.75) is 58.5 Å². The number of halogens is 2. The first kappa shape index (κ1) is 32.4. The van der Waals surface area contributed by atoms with Crippen molar-refractivity contribution in [1.82, 2.24) is 10.2 Å². The molecule has 0 spiro atoms. The van der Waals surface area contributed by atoms with Gasteiger partial charge in [0.25, 0.3) is 10.0 Å². The molecule has 0 bridgehead atoms. The van der Waals surface area contributed by atoms with E-state index >= 15 is 0 Å². The van der Waals surface area contributed by atoms with Gasteiger partial charge < -0.3 is 10.2 Å². The molecule has 1 N–H and O–H groups in total. The predicted molar refractivity (Wildman–Crippen MR) is 166 cm³/mol. The Balaban J connectivity index is 2.08. The Morgan fingerprint density at radius 3 is 2.20 bits per heavy atom. The third-order valence-corrected chi connectivity index (χ3v) is 9.15. The number of carbonyl (C=O) groups is 2. The molecule has 2 amide bonds. The lowest BCUT2D eigenvalue weighted by molar-refractivity contribution is -0.140. The summed E-state index contributed by atoms with van der Waals surface area (Å²) in [7, 11) is -4.13. The minimum Gasteiger partial charge on any atom is -0.354 e. The maximum absolute atomic E-state index is 14.2. The molecule has 0 saturated carbocycles. The second-order valence-corrected chi connectivity index (χ2v) is 13.1. The highest BCUT2D eigenvalue weighted by Gasteiger charge is 2.34. The van der Waals surface area contributed by atoms with Gasteiger partial charge in [-0.3, -0.25) is 13.9 Å². The van der Waals surface area contributed by atoms with Crippen LogP contribution < -0.4 is 9.62 Å². The number of hydrogen-bond acceptors (Lipinski definition) is 4. The molecule has 0 unspecified atom stereocenters. The Bertz CT molecular complexity index is 1480. The van der Waals surface area contributed by atoms with Gasteiger partial charge in [0, 0.05) is 13.1 Å². The van der Waals surface area contributed by atoms with Crippen LogP contribution in [0.4, 0.5) is 5.69 Å². The summed E-state index contributed by atoms with van der Waals surface area (Å²) in [5.41, 5.74) is 2.71. The van der Waals surface area contributed by atoms with Crippen molar-refractivity contribution in [2.24, 2.45) is 5.92 Å². The third kappa shape index (κ3) is 8.24. The number of aryl methyl sites for hydroxylation is 2. The SMILES string of the molecule is CC[C@@H](C(=O)NCC(C)C)N(Cc1ccc(Cl)c(Cl)c1)C(=O)CN(c1ccc(C)cc1C)S(=O)(=O)c1ccccc1. The van der Waals surface area contributed by atoms with Crippen molar-refractivity contribution in [1.29, 1.82) is 0 Å². The minimum atomic E-state index is -4.13. The van der Waals surface area contributed by atoms with E-state index in [-0.39, 0.29) is 23.3 Å². The van der Waals surface area contributed by atoms with Gasteiger partial charge in [0.05, 0.1) is 20.6 Å². The standard InChI is InChI=1S/C31H37Cl2N3O4S/c1-6-28(31(38)34-18-21(2)3)35(19-24-13-14-26(32)27(33)17-24)30(37)20-36(29-15-12-22(4)16-23(29)5)41(39,40)25-10-8-7-9-11-25/h7-17,21,28H,6,18-20H2,1-5H3,(H,34,38)/t28-/m0/s1. The van der Waals surface area contributed by atoms with Gasteiger partial charge in [-0.1, -0.05) is 85.9 Å². The van der Waals surface area contributed by atoms with E-state index in [4.69, 9.17) is 23.2 Å². The second-order valence-electron chi connectivity index (χ2n) is 10.4. The van der Waals surface area contributed by atoms with Crippen LogP contribution in [0.1, 0.15) is 43.9 Å². The van der Waals surface area contributed by atoms with Gasteiger partial charge in [-0.2, -0.15) is 0 Å². The van der Waals surface area contributed by atoms with Gasteiger partial charge in [0.1, 0.15) is 12.6 Å². The Labute approximate surface area is 253 Å². The maximum Gasteiger partial charge on any atom is 0.264 e. The molecule has 0 fully saturated rings. The zero-order chi connectivity index (χ0) is 30.3. The molecule has 10 heteroatoms. The molecule has 0 aromatic heterocycles. The topological polar surface area (TPSA) is 86.8 Å². The van der Waals surface area contributed by atoms with Gasteiger partial charge in [-0.05, 0) is 67.6 Å². The summed E-state index contributed by atoms with van der Waals surface area (Å²) in [5, 5.41) is 3.60. The molecule has 0 aliphatic carbocycles. The number of amides is 2. The van der Waals surface area contributed by atoms with Crippen LogP contribution in [0.25, 0.3) is 0 Å². The molecule has 41 heavy (non-hydrogen) atoms. The fourth-order valence-corrected chi connectivity index (χ4v) is 6.32. The lowest BCUT2D eigenvalue weighted by Gasteiger charge is -2.33. The van der Waals surface area contributed by atoms with E-state index in [1.165, 1.54) is 17.0 Å². The van der Waals surface area contributed by atoms with Crippen LogP contribution in [0.3, 0.4) is 0 Å². The second kappa shape index (κ2) is 14.2. The Hall–Kier alpha value is -3.07. The molecule has 220 valence electrons. The van der Waals surface area contributed by atoms with E-state index in [1.807, 2.05) is 46.8 Å². The zero-order valence-electron chi connectivity index (χ0n) is 24.0. The molecule has 0 aliphatic rings. The van der Waals surface area contributed by atoms with E-state index in [9.17, 15) is 18.0 Å². The number of benzene rings is 3. The first-order chi connectivity index (χ1) is 19.3. The third-order valence-electron chi connectivity index (χ3n) is 6.64. The lowest BCUT2D eigenvalue weighted by Crippen LogP contribution is -2.52. The Morgan fingerprint density at radius 2 is 1.61 bits per heavy atom. The van der Waals surface area contributed by atoms with E-state index in [2.05, 4.69) is 5.32 Å². The van der Waals surface area contributed by atoms with Crippen LogP contribution in [0.2, 0.25) is 10.0 Å². The molecule has 0 heterocycles. The summed E-state index contributed by atoms with van der Waals surface area (Å²) in [6.45, 7) is 9.48. The molecular weight excluding hydrogens is 581 g/mol. The number of rotatable bonds is 12. The van der Waals surface area contributed by atoms with Crippen LogP contribution in [-0.2, 0) is 26.2 Å². The van der Waals surface area contributed by atoms with Crippen LogP contribution in [-0.4, -0.2) is 44.3 Å². The molecule has 3 aromatic carbocycles. The predicted octanol–water partition coefficient (Wildman–Crippen LogP) is 6.39. The first-order valence-electron chi connectivity index (χ1n) is 13.5. The highest BCUT2D eigenvalue weighted by atomic mass is 35.5. The number of sulfonamides is 1. The smallest absolute Gasteiger partial charge is 0.264 e. The van der Waals surface area contributed by atoms with Crippen molar-refractivity contribution in [3.05, 3.63) is 93.5 Å². The quantitative estimate of drug-likeness (QED) is 0.255. The molecule has 1 atom stereocenters. The Kier molecular flexibility index (Phi) is 11.2. The van der Waals surface area contributed by atoms with Crippen LogP contribution >= 0.6 is 23.2 Å². The highest BCUT2D eigenvalue weighted by Crippen LogP contribution is 2.29. The lowest BCUT2D eigenvalue weighted by atomic mass is 10.1. The van der Waals surface area contributed by atoms with Crippen LogP contribution in [0.15, 0.2) is 71.6 Å². The van der Waals surface area contributed by atoms with Gasteiger partial charge in [0.15, 0.2) is 0 Å². The summed E-state index contributed by atoms with van der Waals surface area (Å²) in [5.74, 6) is -0.618. The average Bonchev–Trinajstić information content (AvgIpc) is 2.93. The Morgan fingerprint density at radius 1 is 0.927 bits per heavy atom. The summed E-state index contributed by atoms with van der Waals surface area (Å²) >= 11 is 12.4. The van der Waals surface area contributed by atoms with Gasteiger partial charge in [-0.25, -0.2) is 8.42 Å². The van der Waals surface area contributed by atoms with Crippen molar-refractivity contribution in [2.75, 3.05) is 17.4 Å². The zero-order valence-corrected chi connectivity index (χ0v) is 26.4. The molecule has 3 aromatic rings. The monoisotopic (exact) mass is 617 g/mol. The largest absolute Gasteiger partial charge is 0.354 e. The summed E-state index contributed by atoms with van der Waals surface area (Å²) in [4.78, 5) is 29.0. The molecule has 0 radical (unpaired) electrons. The van der Waals surface area contributed by atoms with E-state index < -0.39 is 28.5 Å². The number of nitrogens with one attached hydrogen (secondary N) is 1. The summed E-state index contributed by atoms with van der Waals surface area (Å²) in [6.07, 6.45) is 0.325. The number of carbonyl (C=O) groups excluding carboxylic acids is 2. The van der Waals surface area contributed by atoms with Crippen LogP contribution in [0, 0.1) is 19.8 Å². The number of nitrogens with zero attached hydrogens (tertiary/aromatic N) is 2. The fourth-order valence-electron chi connectivity index (χ4n) is 4.49. The number of anilines is 1. The molecule has 0 aliphatic heterocycles. The summed E-state index contributed by atoms with van der Waals surface area (Å²) < 4.78 is 29.1.